The molecule has 0 aliphatic heterocycles. The van der Waals surface area contributed by atoms with Crippen molar-refractivity contribution in [3.05, 3.63) is 49.7 Å². The van der Waals surface area contributed by atoms with E-state index in [4.69, 9.17) is 5.73 Å². The second-order valence-electron chi connectivity index (χ2n) is 5.02. The van der Waals surface area contributed by atoms with Gasteiger partial charge in [0.05, 0.1) is 15.9 Å². The number of hydrogen-bond acceptors (Lipinski definition) is 2. The number of aryl methyl sites for hydroxylation is 3. The molecule has 0 bridgehead atoms. The van der Waals surface area contributed by atoms with Gasteiger partial charge in [-0.3, -0.25) is 4.68 Å². The van der Waals surface area contributed by atoms with Crippen LogP contribution in [0.15, 0.2) is 27.1 Å². The van der Waals surface area contributed by atoms with Crippen molar-refractivity contribution in [3.8, 4) is 0 Å². The SMILES string of the molecule is CCc1nn(C)c(CC(N)c2ccc(C)cc2Br)c1Br. The van der Waals surface area contributed by atoms with Gasteiger partial charge >= 0.3 is 0 Å². The van der Waals surface area contributed by atoms with Crippen LogP contribution in [0.4, 0.5) is 0 Å². The van der Waals surface area contributed by atoms with E-state index in [1.54, 1.807) is 0 Å². The van der Waals surface area contributed by atoms with E-state index in [9.17, 15) is 0 Å². The van der Waals surface area contributed by atoms with Crippen LogP contribution < -0.4 is 5.73 Å². The molecule has 2 aromatic rings. The van der Waals surface area contributed by atoms with Gasteiger partial charge in [0.1, 0.15) is 0 Å². The average molecular weight is 401 g/mol. The summed E-state index contributed by atoms with van der Waals surface area (Å²) in [5, 5.41) is 4.51. The summed E-state index contributed by atoms with van der Waals surface area (Å²) in [4.78, 5) is 0. The van der Waals surface area contributed by atoms with E-state index in [0.29, 0.717) is 0 Å². The van der Waals surface area contributed by atoms with Crippen LogP contribution in [0.25, 0.3) is 0 Å². The topological polar surface area (TPSA) is 43.8 Å². The Morgan fingerprint density at radius 3 is 2.60 bits per heavy atom. The largest absolute Gasteiger partial charge is 0.324 e. The molecule has 3 nitrogen and oxygen atoms in total. The number of nitrogens with two attached hydrogens (primary N) is 1. The van der Waals surface area contributed by atoms with Gasteiger partial charge < -0.3 is 5.73 Å². The minimum atomic E-state index is -0.0543. The van der Waals surface area contributed by atoms with E-state index in [2.05, 4.69) is 69.0 Å². The van der Waals surface area contributed by atoms with Gasteiger partial charge in [-0.2, -0.15) is 5.10 Å². The minimum absolute atomic E-state index is 0.0543. The van der Waals surface area contributed by atoms with Crippen LogP contribution in [-0.4, -0.2) is 9.78 Å². The lowest BCUT2D eigenvalue weighted by Crippen LogP contribution is -2.16. The second-order valence-corrected chi connectivity index (χ2v) is 6.67. The Balaban J connectivity index is 2.27. The molecule has 0 saturated heterocycles. The summed E-state index contributed by atoms with van der Waals surface area (Å²) in [5.41, 5.74) is 10.9. The van der Waals surface area contributed by atoms with E-state index >= 15 is 0 Å². The molecule has 0 fully saturated rings. The summed E-state index contributed by atoms with van der Waals surface area (Å²) in [7, 11) is 1.97. The fourth-order valence-corrected chi connectivity index (χ4v) is 3.86. The predicted molar refractivity (Wildman–Crippen MR) is 89.8 cm³/mol. The first-order valence-corrected chi connectivity index (χ1v) is 8.24. The third-order valence-corrected chi connectivity index (χ3v) is 5.07. The third-order valence-electron chi connectivity index (χ3n) is 3.47. The molecule has 0 spiro atoms. The molecule has 0 aliphatic rings. The Morgan fingerprint density at radius 2 is 2.05 bits per heavy atom. The molecule has 108 valence electrons. The normalized spacial score (nSPS) is 12.7. The van der Waals surface area contributed by atoms with E-state index in [1.165, 1.54) is 5.56 Å². The minimum Gasteiger partial charge on any atom is -0.324 e. The summed E-state index contributed by atoms with van der Waals surface area (Å²) >= 11 is 7.25. The Bertz CT molecular complexity index is 620. The summed E-state index contributed by atoms with van der Waals surface area (Å²) in [5.74, 6) is 0. The Morgan fingerprint density at radius 1 is 1.35 bits per heavy atom. The Labute approximate surface area is 136 Å². The van der Waals surface area contributed by atoms with Crippen molar-refractivity contribution >= 4 is 31.9 Å². The number of nitrogens with zero attached hydrogens (tertiary/aromatic N) is 2. The summed E-state index contributed by atoms with van der Waals surface area (Å²) in [6, 6.07) is 6.23. The lowest BCUT2D eigenvalue weighted by Gasteiger charge is -2.15. The number of aromatic nitrogens is 2. The molecule has 5 heteroatoms. The van der Waals surface area contributed by atoms with Crippen LogP contribution >= 0.6 is 31.9 Å². The maximum absolute atomic E-state index is 6.37. The van der Waals surface area contributed by atoms with Crippen LogP contribution in [0, 0.1) is 6.92 Å². The zero-order valence-corrected chi connectivity index (χ0v) is 15.1. The van der Waals surface area contributed by atoms with Gasteiger partial charge in [0.15, 0.2) is 0 Å². The molecule has 2 N–H and O–H groups in total. The van der Waals surface area contributed by atoms with E-state index < -0.39 is 0 Å². The zero-order chi connectivity index (χ0) is 14.9. The molecule has 1 aromatic carbocycles. The van der Waals surface area contributed by atoms with Crippen LogP contribution in [0.5, 0.6) is 0 Å². The second kappa shape index (κ2) is 6.41. The molecule has 0 aliphatic carbocycles. The average Bonchev–Trinajstić information content (AvgIpc) is 2.66. The smallest absolute Gasteiger partial charge is 0.0766 e. The maximum atomic E-state index is 6.37. The van der Waals surface area contributed by atoms with Crippen molar-refractivity contribution in [1.29, 1.82) is 0 Å². The highest BCUT2D eigenvalue weighted by atomic mass is 79.9. The molecule has 1 atom stereocenters. The Hall–Kier alpha value is -0.650. The van der Waals surface area contributed by atoms with Gasteiger partial charge in [-0.05, 0) is 46.5 Å². The summed E-state index contributed by atoms with van der Waals surface area (Å²) in [6.45, 7) is 4.18. The van der Waals surface area contributed by atoms with Gasteiger partial charge in [0.25, 0.3) is 0 Å². The van der Waals surface area contributed by atoms with Crippen molar-refractivity contribution in [2.45, 2.75) is 32.7 Å². The highest BCUT2D eigenvalue weighted by Crippen LogP contribution is 2.29. The summed E-state index contributed by atoms with van der Waals surface area (Å²) < 4.78 is 4.07. The number of rotatable bonds is 4. The monoisotopic (exact) mass is 399 g/mol. The fourth-order valence-electron chi connectivity index (χ4n) is 2.29. The lowest BCUT2D eigenvalue weighted by molar-refractivity contribution is 0.635. The zero-order valence-electron chi connectivity index (χ0n) is 12.0. The van der Waals surface area contributed by atoms with Crippen LogP contribution in [0.3, 0.4) is 0 Å². The standard InChI is InChI=1S/C15H19Br2N3/c1-4-13-15(17)14(20(3)19-13)8-12(18)10-6-5-9(2)7-11(10)16/h5-7,12H,4,8,18H2,1-3H3. The molecule has 1 unspecified atom stereocenters. The third kappa shape index (κ3) is 3.15. The van der Waals surface area contributed by atoms with E-state index in [-0.39, 0.29) is 6.04 Å². The molecular formula is C15H19Br2N3. The van der Waals surface area contributed by atoms with Crippen LogP contribution in [0.2, 0.25) is 0 Å². The molecule has 0 saturated carbocycles. The highest BCUT2D eigenvalue weighted by molar-refractivity contribution is 9.10. The van der Waals surface area contributed by atoms with Crippen molar-refractivity contribution in [3.63, 3.8) is 0 Å². The first-order valence-electron chi connectivity index (χ1n) is 6.65. The van der Waals surface area contributed by atoms with Gasteiger partial charge in [0.2, 0.25) is 0 Å². The molecule has 1 aromatic heterocycles. The van der Waals surface area contributed by atoms with Crippen LogP contribution in [0.1, 0.15) is 35.5 Å². The van der Waals surface area contributed by atoms with Gasteiger partial charge in [-0.1, -0.05) is 35.0 Å². The number of benzene rings is 1. The van der Waals surface area contributed by atoms with Crippen molar-refractivity contribution in [2.75, 3.05) is 0 Å². The maximum Gasteiger partial charge on any atom is 0.0766 e. The molecule has 2 rings (SSSR count). The summed E-state index contributed by atoms with van der Waals surface area (Å²) in [6.07, 6.45) is 1.67. The molecular weight excluding hydrogens is 382 g/mol. The number of halogens is 2. The van der Waals surface area contributed by atoms with Gasteiger partial charge in [-0.15, -0.1) is 0 Å². The van der Waals surface area contributed by atoms with Crippen molar-refractivity contribution < 1.29 is 0 Å². The first kappa shape index (κ1) is 15.7. The Kier molecular flexibility index (Phi) is 5.04. The molecule has 1 heterocycles. The highest BCUT2D eigenvalue weighted by Gasteiger charge is 2.18. The number of hydrogen-bond donors (Lipinski definition) is 1. The van der Waals surface area contributed by atoms with Crippen LogP contribution in [-0.2, 0) is 19.9 Å². The predicted octanol–water partition coefficient (Wildman–Crippen LogP) is 4.06. The van der Waals surface area contributed by atoms with Crippen molar-refractivity contribution in [2.24, 2.45) is 12.8 Å². The first-order chi connectivity index (χ1) is 9.43. The molecule has 0 amide bonds. The van der Waals surface area contributed by atoms with E-state index in [1.807, 2.05) is 11.7 Å². The van der Waals surface area contributed by atoms with Gasteiger partial charge in [-0.25, -0.2) is 0 Å². The van der Waals surface area contributed by atoms with Crippen molar-refractivity contribution in [1.82, 2.24) is 9.78 Å². The van der Waals surface area contributed by atoms with E-state index in [0.717, 1.165) is 38.7 Å². The fraction of sp³-hybridized carbons (Fsp3) is 0.400. The molecule has 20 heavy (non-hydrogen) atoms. The lowest BCUT2D eigenvalue weighted by atomic mass is 10.0. The van der Waals surface area contributed by atoms with Gasteiger partial charge in [0, 0.05) is 24.0 Å². The molecule has 0 radical (unpaired) electrons. The quantitative estimate of drug-likeness (QED) is 0.840.